The Morgan fingerprint density at radius 3 is 2.29 bits per heavy atom. The van der Waals surface area contributed by atoms with E-state index < -0.39 is 0 Å². The van der Waals surface area contributed by atoms with Crippen molar-refractivity contribution in [3.05, 3.63) is 65.2 Å². The van der Waals surface area contributed by atoms with Crippen LogP contribution in [0.25, 0.3) is 0 Å². The molecule has 4 heteroatoms. The number of aliphatic hydroxyl groups is 1. The van der Waals surface area contributed by atoms with Crippen LogP contribution in [0.4, 0.5) is 0 Å². The molecule has 1 N–H and O–H groups in total. The zero-order valence-electron chi connectivity index (χ0n) is 19.4. The molecule has 0 aromatic heterocycles. The molecule has 2 aromatic rings. The van der Waals surface area contributed by atoms with Crippen LogP contribution in [0.15, 0.2) is 48.5 Å². The molecule has 1 aliphatic carbocycles. The van der Waals surface area contributed by atoms with E-state index >= 15 is 0 Å². The van der Waals surface area contributed by atoms with Gasteiger partial charge < -0.3 is 9.84 Å². The first-order chi connectivity index (χ1) is 14.9. The van der Waals surface area contributed by atoms with Gasteiger partial charge in [0.2, 0.25) is 0 Å². The molecule has 0 saturated heterocycles. The number of nitrogens with zero attached hydrogens (tertiary/aromatic N) is 1. The van der Waals surface area contributed by atoms with Gasteiger partial charge in [-0.25, -0.2) is 0 Å². The molecule has 2 aromatic carbocycles. The van der Waals surface area contributed by atoms with E-state index in [1.807, 2.05) is 24.3 Å². The van der Waals surface area contributed by atoms with Crippen molar-refractivity contribution in [1.82, 2.24) is 4.90 Å². The van der Waals surface area contributed by atoms with Crippen molar-refractivity contribution in [2.75, 3.05) is 6.54 Å². The molecule has 31 heavy (non-hydrogen) atoms. The third kappa shape index (κ3) is 5.96. The Hall–Kier alpha value is -2.17. The molecule has 0 spiro atoms. The minimum Gasteiger partial charge on any atom is -0.426 e. The number of carbonyl (C=O) groups is 1. The van der Waals surface area contributed by atoms with Crippen molar-refractivity contribution in [2.24, 2.45) is 5.92 Å². The first kappa shape index (κ1) is 23.5. The highest BCUT2D eigenvalue weighted by molar-refractivity contribution is 5.76. The lowest BCUT2D eigenvalue weighted by molar-refractivity contribution is -0.141. The van der Waals surface area contributed by atoms with Gasteiger partial charge in [-0.1, -0.05) is 42.8 Å². The van der Waals surface area contributed by atoms with Crippen LogP contribution >= 0.6 is 0 Å². The number of carbonyl (C=O) groups excluding carboxylic acids is 1. The summed E-state index contributed by atoms with van der Waals surface area (Å²) in [6.07, 6.45) is 3.84. The molecule has 0 amide bonds. The molecule has 3 rings (SSSR count). The Morgan fingerprint density at radius 1 is 1.06 bits per heavy atom. The van der Waals surface area contributed by atoms with Gasteiger partial charge in [0.05, 0.1) is 12.5 Å². The van der Waals surface area contributed by atoms with E-state index in [1.54, 1.807) is 0 Å². The van der Waals surface area contributed by atoms with Gasteiger partial charge in [-0.05, 0) is 76.8 Å². The lowest BCUT2D eigenvalue weighted by Gasteiger charge is -2.32. The van der Waals surface area contributed by atoms with E-state index in [-0.39, 0.29) is 24.4 Å². The summed E-state index contributed by atoms with van der Waals surface area (Å²) < 4.78 is 5.92. The summed E-state index contributed by atoms with van der Waals surface area (Å²) in [5.74, 6) is 0.612. The lowest BCUT2D eigenvalue weighted by Crippen LogP contribution is -2.38. The monoisotopic (exact) mass is 423 g/mol. The van der Waals surface area contributed by atoms with Crippen LogP contribution in [0, 0.1) is 5.92 Å². The zero-order chi connectivity index (χ0) is 22.4. The molecule has 0 heterocycles. The highest BCUT2D eigenvalue weighted by Crippen LogP contribution is 2.37. The number of esters is 1. The summed E-state index contributed by atoms with van der Waals surface area (Å²) in [6.45, 7) is 9.83. The first-order valence-electron chi connectivity index (χ1n) is 11.7. The minimum atomic E-state index is -0.123. The number of hydrogen-bond donors (Lipinski definition) is 1. The molecule has 0 aliphatic heterocycles. The normalized spacial score (nSPS) is 15.4. The highest BCUT2D eigenvalue weighted by Gasteiger charge is 2.29. The maximum absolute atomic E-state index is 12.6. The lowest BCUT2D eigenvalue weighted by atomic mass is 9.85. The highest BCUT2D eigenvalue weighted by atomic mass is 16.5. The number of rotatable bonds is 10. The van der Waals surface area contributed by atoms with Gasteiger partial charge in [-0.15, -0.1) is 0 Å². The quantitative estimate of drug-likeness (QED) is 0.403. The van der Waals surface area contributed by atoms with Gasteiger partial charge in [-0.3, -0.25) is 9.69 Å². The largest absolute Gasteiger partial charge is 0.426 e. The molecule has 0 radical (unpaired) electrons. The van der Waals surface area contributed by atoms with Crippen LogP contribution in [0.5, 0.6) is 5.75 Å². The molecular formula is C27H37NO3. The Labute approximate surface area is 187 Å². The summed E-state index contributed by atoms with van der Waals surface area (Å²) in [6, 6.07) is 17.0. The molecule has 1 unspecified atom stereocenters. The van der Waals surface area contributed by atoms with Crippen molar-refractivity contribution in [1.29, 1.82) is 0 Å². The zero-order valence-corrected chi connectivity index (χ0v) is 19.4. The van der Waals surface area contributed by atoms with E-state index in [0.717, 1.165) is 43.4 Å². The minimum absolute atomic E-state index is 0.0258. The van der Waals surface area contributed by atoms with Crippen molar-refractivity contribution >= 4 is 5.97 Å². The van der Waals surface area contributed by atoms with Crippen LogP contribution in [0.2, 0.25) is 0 Å². The summed E-state index contributed by atoms with van der Waals surface area (Å²) >= 11 is 0. The van der Waals surface area contributed by atoms with Gasteiger partial charge in [0.1, 0.15) is 5.75 Å². The molecule has 1 saturated carbocycles. The summed E-state index contributed by atoms with van der Waals surface area (Å²) in [5, 5.41) is 9.77. The second-order valence-electron chi connectivity index (χ2n) is 9.26. The maximum atomic E-state index is 12.6. The second-order valence-corrected chi connectivity index (χ2v) is 9.26. The molecule has 1 aliphatic rings. The molecule has 1 atom stereocenters. The molecule has 168 valence electrons. The number of aliphatic hydroxyl groups excluding tert-OH is 1. The fraction of sp³-hybridized carbons (Fsp3) is 0.519. The maximum Gasteiger partial charge on any atom is 0.314 e. The molecule has 0 bridgehead atoms. The van der Waals surface area contributed by atoms with Crippen LogP contribution in [0.1, 0.15) is 76.0 Å². The van der Waals surface area contributed by atoms with Crippen LogP contribution < -0.4 is 4.74 Å². The van der Waals surface area contributed by atoms with Gasteiger partial charge in [0.25, 0.3) is 0 Å². The topological polar surface area (TPSA) is 49.8 Å². The third-order valence-electron chi connectivity index (χ3n) is 6.49. The van der Waals surface area contributed by atoms with E-state index in [1.165, 1.54) is 5.56 Å². The van der Waals surface area contributed by atoms with Crippen LogP contribution in [0.3, 0.4) is 0 Å². The Balaban J connectivity index is 1.95. The van der Waals surface area contributed by atoms with E-state index in [2.05, 4.69) is 56.9 Å². The van der Waals surface area contributed by atoms with Crippen molar-refractivity contribution in [3.8, 4) is 5.75 Å². The summed E-state index contributed by atoms with van der Waals surface area (Å²) in [4.78, 5) is 15.1. The van der Waals surface area contributed by atoms with Gasteiger partial charge >= 0.3 is 5.97 Å². The van der Waals surface area contributed by atoms with Gasteiger partial charge in [-0.2, -0.15) is 0 Å². The predicted molar refractivity (Wildman–Crippen MR) is 125 cm³/mol. The number of benzene rings is 2. The average Bonchev–Trinajstić information content (AvgIpc) is 2.70. The first-order valence-corrected chi connectivity index (χ1v) is 11.7. The van der Waals surface area contributed by atoms with Crippen molar-refractivity contribution in [3.63, 3.8) is 0 Å². The van der Waals surface area contributed by atoms with Crippen molar-refractivity contribution in [2.45, 2.75) is 78.0 Å². The van der Waals surface area contributed by atoms with Gasteiger partial charge in [0, 0.05) is 23.6 Å². The molecular weight excluding hydrogens is 386 g/mol. The smallest absolute Gasteiger partial charge is 0.314 e. The molecule has 1 fully saturated rings. The standard InChI is InChI=1S/C27H37NO3/c1-19(2)28(20(3)4)16-15-24(22-9-6-5-7-10-22)25-17-21(18-29)13-14-26(25)31-27(30)23-11-8-12-23/h5-7,9-10,13-14,17,19-20,23-24,29H,8,11-12,15-16,18H2,1-4H3. The van der Waals surface area contributed by atoms with E-state index in [9.17, 15) is 9.90 Å². The fourth-order valence-electron chi connectivity index (χ4n) is 4.48. The molecule has 4 nitrogen and oxygen atoms in total. The van der Waals surface area contributed by atoms with Crippen molar-refractivity contribution < 1.29 is 14.6 Å². The van der Waals surface area contributed by atoms with E-state index in [4.69, 9.17) is 4.74 Å². The Kier molecular flexibility index (Phi) is 8.28. The Morgan fingerprint density at radius 2 is 1.74 bits per heavy atom. The summed E-state index contributed by atoms with van der Waals surface area (Å²) in [7, 11) is 0. The third-order valence-corrected chi connectivity index (χ3v) is 6.49. The number of ether oxygens (including phenoxy) is 1. The fourth-order valence-corrected chi connectivity index (χ4v) is 4.48. The SMILES string of the molecule is CC(C)N(CCC(c1ccccc1)c1cc(CO)ccc1OC(=O)C1CCC1)C(C)C. The van der Waals surface area contributed by atoms with E-state index in [0.29, 0.717) is 17.8 Å². The van der Waals surface area contributed by atoms with Crippen LogP contribution in [-0.2, 0) is 11.4 Å². The van der Waals surface area contributed by atoms with Gasteiger partial charge in [0.15, 0.2) is 0 Å². The average molecular weight is 424 g/mol. The predicted octanol–water partition coefficient (Wildman–Crippen LogP) is 5.53. The summed E-state index contributed by atoms with van der Waals surface area (Å²) in [5.41, 5.74) is 3.02. The number of hydrogen-bond acceptors (Lipinski definition) is 4. The Bertz CT molecular complexity index is 835. The second kappa shape index (κ2) is 10.9. The van der Waals surface area contributed by atoms with Crippen LogP contribution in [-0.4, -0.2) is 34.6 Å².